The predicted octanol–water partition coefficient (Wildman–Crippen LogP) is 2.87. The van der Waals surface area contributed by atoms with Crippen LogP contribution < -0.4 is 10.6 Å². The van der Waals surface area contributed by atoms with E-state index in [1.807, 2.05) is 13.1 Å². The lowest BCUT2D eigenvalue weighted by Crippen LogP contribution is -2.23. The molecule has 0 aliphatic carbocycles. The van der Waals surface area contributed by atoms with Crippen LogP contribution in [0.2, 0.25) is 0 Å². The molecule has 0 spiro atoms. The number of hydrogen-bond donors (Lipinski definition) is 2. The van der Waals surface area contributed by atoms with Crippen LogP contribution in [0.4, 0.5) is 5.82 Å². The van der Waals surface area contributed by atoms with E-state index in [9.17, 15) is 0 Å². The summed E-state index contributed by atoms with van der Waals surface area (Å²) < 4.78 is 1.96. The van der Waals surface area contributed by atoms with Gasteiger partial charge in [-0.1, -0.05) is 6.92 Å². The number of nitrogens with zero attached hydrogens (tertiary/aromatic N) is 1. The molecule has 1 unspecified atom stereocenters. The first kappa shape index (κ1) is 12.9. The lowest BCUT2D eigenvalue weighted by Gasteiger charge is -2.13. The first-order valence-corrected chi connectivity index (χ1v) is 6.41. The average molecular weight is 337 g/mol. The number of rotatable bonds is 5. The van der Waals surface area contributed by atoms with E-state index >= 15 is 0 Å². The lowest BCUT2D eigenvalue weighted by molar-refractivity contribution is 0.568. The Morgan fingerprint density at radius 3 is 2.73 bits per heavy atom. The summed E-state index contributed by atoms with van der Waals surface area (Å²) in [4.78, 5) is 4.28. The van der Waals surface area contributed by atoms with Crippen LogP contribution in [-0.2, 0) is 0 Å². The van der Waals surface area contributed by atoms with Crippen LogP contribution in [0.15, 0.2) is 21.2 Å². The number of anilines is 1. The highest BCUT2D eigenvalue weighted by molar-refractivity contribution is 9.11. The quantitative estimate of drug-likeness (QED) is 0.868. The van der Waals surface area contributed by atoms with E-state index in [-0.39, 0.29) is 0 Å². The molecule has 0 aliphatic heterocycles. The fourth-order valence-electron chi connectivity index (χ4n) is 1.24. The van der Waals surface area contributed by atoms with Crippen molar-refractivity contribution in [1.29, 1.82) is 0 Å². The van der Waals surface area contributed by atoms with Crippen molar-refractivity contribution in [2.75, 3.05) is 25.5 Å². The maximum absolute atomic E-state index is 4.28. The van der Waals surface area contributed by atoms with Gasteiger partial charge in [-0.15, -0.1) is 0 Å². The molecule has 1 rings (SSSR count). The summed E-state index contributed by atoms with van der Waals surface area (Å²) in [5, 5.41) is 6.45. The molecule has 0 bridgehead atoms. The van der Waals surface area contributed by atoms with Gasteiger partial charge in [-0.3, -0.25) is 0 Å². The van der Waals surface area contributed by atoms with E-state index in [1.54, 1.807) is 6.20 Å². The molecule has 2 N–H and O–H groups in total. The van der Waals surface area contributed by atoms with Gasteiger partial charge in [0.25, 0.3) is 0 Å². The number of aromatic nitrogens is 1. The van der Waals surface area contributed by atoms with E-state index in [0.29, 0.717) is 5.92 Å². The molecule has 0 radical (unpaired) electrons. The first-order valence-electron chi connectivity index (χ1n) is 4.83. The van der Waals surface area contributed by atoms with Crippen LogP contribution >= 0.6 is 31.9 Å². The van der Waals surface area contributed by atoms with Gasteiger partial charge in [0.05, 0.1) is 4.47 Å². The molecule has 0 fully saturated rings. The second-order valence-electron chi connectivity index (χ2n) is 3.53. The van der Waals surface area contributed by atoms with Crippen molar-refractivity contribution in [2.24, 2.45) is 5.92 Å². The van der Waals surface area contributed by atoms with Crippen molar-refractivity contribution in [3.8, 4) is 0 Å². The molecule has 1 aromatic heterocycles. The largest absolute Gasteiger partial charge is 0.369 e. The monoisotopic (exact) mass is 335 g/mol. The summed E-state index contributed by atoms with van der Waals surface area (Å²) in [5.41, 5.74) is 0. The van der Waals surface area contributed by atoms with Crippen molar-refractivity contribution in [3.05, 3.63) is 21.2 Å². The Morgan fingerprint density at radius 1 is 1.40 bits per heavy atom. The number of hydrogen-bond acceptors (Lipinski definition) is 3. The summed E-state index contributed by atoms with van der Waals surface area (Å²) in [7, 11) is 1.96. The Morgan fingerprint density at radius 2 is 2.13 bits per heavy atom. The number of nitrogens with one attached hydrogen (secondary N) is 2. The van der Waals surface area contributed by atoms with Crippen LogP contribution in [0.3, 0.4) is 0 Å². The topological polar surface area (TPSA) is 37.0 Å². The Labute approximate surface area is 107 Å². The van der Waals surface area contributed by atoms with Gasteiger partial charge in [0.1, 0.15) is 5.82 Å². The molecule has 0 aliphatic rings. The second kappa shape index (κ2) is 6.45. The van der Waals surface area contributed by atoms with Gasteiger partial charge in [0, 0.05) is 17.2 Å². The predicted molar refractivity (Wildman–Crippen MR) is 71.2 cm³/mol. The molecule has 5 heteroatoms. The smallest absolute Gasteiger partial charge is 0.140 e. The second-order valence-corrected chi connectivity index (χ2v) is 5.30. The number of pyridine rings is 1. The number of halogens is 2. The molecule has 1 aromatic rings. The summed E-state index contributed by atoms with van der Waals surface area (Å²) in [6.07, 6.45) is 1.79. The third kappa shape index (κ3) is 4.49. The van der Waals surface area contributed by atoms with Gasteiger partial charge in [0.15, 0.2) is 0 Å². The highest BCUT2D eigenvalue weighted by atomic mass is 79.9. The fraction of sp³-hybridized carbons (Fsp3) is 0.500. The summed E-state index contributed by atoms with van der Waals surface area (Å²) >= 11 is 6.84. The molecule has 0 aromatic carbocycles. The normalized spacial score (nSPS) is 12.5. The van der Waals surface area contributed by atoms with Crippen molar-refractivity contribution < 1.29 is 0 Å². The van der Waals surface area contributed by atoms with Gasteiger partial charge >= 0.3 is 0 Å². The molecule has 0 saturated heterocycles. The minimum absolute atomic E-state index is 0.576. The molecular formula is C10H15Br2N3. The van der Waals surface area contributed by atoms with Gasteiger partial charge in [-0.05, 0) is 57.4 Å². The fourth-order valence-corrected chi connectivity index (χ4v) is 2.36. The van der Waals surface area contributed by atoms with Crippen molar-refractivity contribution in [2.45, 2.75) is 6.92 Å². The SMILES string of the molecule is CNCC(C)CNc1ncc(Br)cc1Br. The Bertz CT molecular complexity index is 318. The molecule has 84 valence electrons. The highest BCUT2D eigenvalue weighted by Crippen LogP contribution is 2.23. The minimum atomic E-state index is 0.576. The van der Waals surface area contributed by atoms with E-state index in [4.69, 9.17) is 0 Å². The van der Waals surface area contributed by atoms with Crippen molar-refractivity contribution >= 4 is 37.7 Å². The molecule has 1 atom stereocenters. The molecule has 0 saturated carbocycles. The Balaban J connectivity index is 2.50. The zero-order valence-electron chi connectivity index (χ0n) is 8.85. The lowest BCUT2D eigenvalue weighted by atomic mass is 10.2. The summed E-state index contributed by atoms with van der Waals surface area (Å²) in [6, 6.07) is 1.98. The van der Waals surface area contributed by atoms with E-state index in [0.717, 1.165) is 27.9 Å². The minimum Gasteiger partial charge on any atom is -0.369 e. The van der Waals surface area contributed by atoms with Gasteiger partial charge in [0.2, 0.25) is 0 Å². The standard InChI is InChI=1S/C10H15Br2N3/c1-7(4-13-2)5-14-10-9(12)3-8(11)6-15-10/h3,6-7,13H,4-5H2,1-2H3,(H,14,15). The zero-order valence-corrected chi connectivity index (χ0v) is 12.0. The maximum atomic E-state index is 4.28. The molecule has 15 heavy (non-hydrogen) atoms. The van der Waals surface area contributed by atoms with Crippen LogP contribution in [0.5, 0.6) is 0 Å². The van der Waals surface area contributed by atoms with Gasteiger partial charge in [-0.25, -0.2) is 4.98 Å². The summed E-state index contributed by atoms with van der Waals surface area (Å²) in [6.45, 7) is 4.10. The molecule has 1 heterocycles. The van der Waals surface area contributed by atoms with Crippen LogP contribution in [0, 0.1) is 5.92 Å². The third-order valence-electron chi connectivity index (χ3n) is 1.98. The first-order chi connectivity index (χ1) is 7.13. The van der Waals surface area contributed by atoms with Crippen molar-refractivity contribution in [3.63, 3.8) is 0 Å². The average Bonchev–Trinajstić information content (AvgIpc) is 2.17. The Kier molecular flexibility index (Phi) is 5.56. The van der Waals surface area contributed by atoms with Crippen molar-refractivity contribution in [1.82, 2.24) is 10.3 Å². The van der Waals surface area contributed by atoms with E-state index < -0.39 is 0 Å². The zero-order chi connectivity index (χ0) is 11.3. The third-order valence-corrected chi connectivity index (χ3v) is 3.02. The molecular weight excluding hydrogens is 322 g/mol. The molecule has 0 amide bonds. The van der Waals surface area contributed by atoms with Gasteiger partial charge in [-0.2, -0.15) is 0 Å². The highest BCUT2D eigenvalue weighted by Gasteiger charge is 2.04. The van der Waals surface area contributed by atoms with Gasteiger partial charge < -0.3 is 10.6 Å². The van der Waals surface area contributed by atoms with E-state index in [1.165, 1.54) is 0 Å². The van der Waals surface area contributed by atoms with Crippen LogP contribution in [-0.4, -0.2) is 25.1 Å². The van der Waals surface area contributed by atoms with Crippen LogP contribution in [0.1, 0.15) is 6.92 Å². The van der Waals surface area contributed by atoms with E-state index in [2.05, 4.69) is 54.4 Å². The molecule has 3 nitrogen and oxygen atoms in total. The van der Waals surface area contributed by atoms with Crippen LogP contribution in [0.25, 0.3) is 0 Å². The maximum Gasteiger partial charge on any atom is 0.140 e. The summed E-state index contributed by atoms with van der Waals surface area (Å²) in [5.74, 6) is 1.47. The Hall–Kier alpha value is -0.130.